The summed E-state index contributed by atoms with van der Waals surface area (Å²) in [5.41, 5.74) is -0.129. The van der Waals surface area contributed by atoms with Crippen LogP contribution in [0, 0.1) is 0 Å². The molecule has 108 valence electrons. The van der Waals surface area contributed by atoms with E-state index in [2.05, 4.69) is 0 Å². The first-order valence-corrected chi connectivity index (χ1v) is 6.11. The standard InChI is InChI=1S/C15H12O6/c1-19-10-6-7-12(17)11-8(16)4-3-5-9(11)21-14(7)15(20-2)13(10)18/h3-6,16,18H,1-2H3. The van der Waals surface area contributed by atoms with Gasteiger partial charge >= 0.3 is 0 Å². The fraction of sp³-hybridized carbons (Fsp3) is 0.133. The third-order valence-corrected chi connectivity index (χ3v) is 3.29. The highest BCUT2D eigenvalue weighted by Gasteiger charge is 2.20. The second-order valence-corrected chi connectivity index (χ2v) is 4.42. The van der Waals surface area contributed by atoms with Crippen LogP contribution in [0.15, 0.2) is 33.5 Å². The van der Waals surface area contributed by atoms with Crippen molar-refractivity contribution in [1.29, 1.82) is 0 Å². The summed E-state index contributed by atoms with van der Waals surface area (Å²) < 4.78 is 15.7. The molecule has 0 atom stereocenters. The minimum atomic E-state index is -0.430. The Labute approximate surface area is 118 Å². The van der Waals surface area contributed by atoms with Crippen LogP contribution < -0.4 is 14.9 Å². The Morgan fingerprint density at radius 2 is 1.90 bits per heavy atom. The van der Waals surface area contributed by atoms with E-state index in [9.17, 15) is 15.0 Å². The fourth-order valence-electron chi connectivity index (χ4n) is 2.30. The SMILES string of the molecule is COc1cc2c(=O)c3c(O)cccc3oc2c(OC)c1O. The molecule has 2 aromatic carbocycles. The molecule has 0 aliphatic carbocycles. The Hall–Kier alpha value is -2.89. The summed E-state index contributed by atoms with van der Waals surface area (Å²) in [6, 6.07) is 5.86. The predicted octanol–water partition coefficient (Wildman–Crippen LogP) is 2.37. The predicted molar refractivity (Wildman–Crippen MR) is 76.4 cm³/mol. The zero-order valence-corrected chi connectivity index (χ0v) is 11.3. The van der Waals surface area contributed by atoms with Crippen molar-refractivity contribution in [2.45, 2.75) is 0 Å². The summed E-state index contributed by atoms with van der Waals surface area (Å²) in [4.78, 5) is 12.5. The highest BCUT2D eigenvalue weighted by Crippen LogP contribution is 2.42. The van der Waals surface area contributed by atoms with Gasteiger partial charge in [-0.25, -0.2) is 0 Å². The van der Waals surface area contributed by atoms with E-state index in [0.29, 0.717) is 0 Å². The van der Waals surface area contributed by atoms with Crippen molar-refractivity contribution in [3.8, 4) is 23.0 Å². The Bertz CT molecular complexity index is 910. The molecule has 0 aliphatic heterocycles. The molecule has 0 saturated carbocycles. The number of fused-ring (bicyclic) bond motifs is 2. The van der Waals surface area contributed by atoms with Crippen molar-refractivity contribution in [2.24, 2.45) is 0 Å². The third-order valence-electron chi connectivity index (χ3n) is 3.29. The maximum absolute atomic E-state index is 12.5. The van der Waals surface area contributed by atoms with Crippen LogP contribution in [0.2, 0.25) is 0 Å². The molecule has 21 heavy (non-hydrogen) atoms. The van der Waals surface area contributed by atoms with Crippen LogP contribution >= 0.6 is 0 Å². The molecule has 1 aromatic heterocycles. The quantitative estimate of drug-likeness (QED) is 0.704. The molecular formula is C15H12O6. The summed E-state index contributed by atoms with van der Waals surface area (Å²) >= 11 is 0. The Kier molecular flexibility index (Phi) is 2.86. The fourth-order valence-corrected chi connectivity index (χ4v) is 2.30. The number of rotatable bonds is 2. The molecule has 2 N–H and O–H groups in total. The van der Waals surface area contributed by atoms with E-state index < -0.39 is 5.43 Å². The lowest BCUT2D eigenvalue weighted by molar-refractivity contribution is 0.339. The molecule has 0 radical (unpaired) electrons. The van der Waals surface area contributed by atoms with E-state index in [1.165, 1.54) is 26.4 Å². The van der Waals surface area contributed by atoms with Gasteiger partial charge in [0.15, 0.2) is 11.3 Å². The minimum absolute atomic E-state index is 0.00620. The van der Waals surface area contributed by atoms with Crippen LogP contribution in [0.1, 0.15) is 0 Å². The highest BCUT2D eigenvalue weighted by atomic mass is 16.5. The van der Waals surface area contributed by atoms with E-state index in [-0.39, 0.29) is 44.9 Å². The van der Waals surface area contributed by atoms with Gasteiger partial charge in [-0.15, -0.1) is 0 Å². The molecule has 0 unspecified atom stereocenters. The van der Waals surface area contributed by atoms with E-state index in [4.69, 9.17) is 13.9 Å². The van der Waals surface area contributed by atoms with Gasteiger partial charge in [-0.2, -0.15) is 0 Å². The van der Waals surface area contributed by atoms with Gasteiger partial charge in [-0.1, -0.05) is 6.07 Å². The average Bonchev–Trinajstić information content (AvgIpc) is 2.47. The van der Waals surface area contributed by atoms with Crippen molar-refractivity contribution < 1.29 is 24.1 Å². The number of aromatic hydroxyl groups is 2. The molecule has 0 aliphatic rings. The molecule has 3 rings (SSSR count). The second-order valence-electron chi connectivity index (χ2n) is 4.42. The topological polar surface area (TPSA) is 89.1 Å². The Morgan fingerprint density at radius 1 is 1.14 bits per heavy atom. The van der Waals surface area contributed by atoms with Gasteiger partial charge in [0, 0.05) is 0 Å². The lowest BCUT2D eigenvalue weighted by atomic mass is 10.1. The monoisotopic (exact) mass is 288 g/mol. The normalized spacial score (nSPS) is 11.0. The maximum atomic E-state index is 12.5. The molecule has 0 spiro atoms. The largest absolute Gasteiger partial charge is 0.507 e. The number of hydrogen-bond acceptors (Lipinski definition) is 6. The first-order chi connectivity index (χ1) is 10.1. The number of phenolic OH excluding ortho intramolecular Hbond substituents is 2. The zero-order valence-electron chi connectivity index (χ0n) is 11.3. The summed E-state index contributed by atoms with van der Waals surface area (Å²) in [6.07, 6.45) is 0. The molecule has 0 fully saturated rings. The van der Waals surface area contributed by atoms with Crippen LogP contribution in [-0.4, -0.2) is 24.4 Å². The number of methoxy groups -OCH3 is 2. The van der Waals surface area contributed by atoms with E-state index >= 15 is 0 Å². The summed E-state index contributed by atoms with van der Waals surface area (Å²) in [5.74, 6) is -0.336. The van der Waals surface area contributed by atoms with Gasteiger partial charge in [-0.3, -0.25) is 4.79 Å². The van der Waals surface area contributed by atoms with Gasteiger partial charge in [0.05, 0.1) is 19.6 Å². The smallest absolute Gasteiger partial charge is 0.208 e. The second kappa shape index (κ2) is 4.59. The van der Waals surface area contributed by atoms with Gasteiger partial charge in [-0.05, 0) is 18.2 Å². The first-order valence-electron chi connectivity index (χ1n) is 6.11. The van der Waals surface area contributed by atoms with Crippen LogP contribution in [0.25, 0.3) is 21.9 Å². The molecule has 1 heterocycles. The number of phenols is 2. The Balaban J connectivity index is 2.60. The highest BCUT2D eigenvalue weighted by molar-refractivity contribution is 5.97. The maximum Gasteiger partial charge on any atom is 0.208 e. The van der Waals surface area contributed by atoms with E-state index in [1.807, 2.05) is 0 Å². The van der Waals surface area contributed by atoms with E-state index in [1.54, 1.807) is 12.1 Å². The number of ether oxygens (including phenoxy) is 2. The van der Waals surface area contributed by atoms with Crippen molar-refractivity contribution in [1.82, 2.24) is 0 Å². The molecule has 0 amide bonds. The molecule has 3 aromatic rings. The van der Waals surface area contributed by atoms with Crippen LogP contribution in [0.3, 0.4) is 0 Å². The Morgan fingerprint density at radius 3 is 2.57 bits per heavy atom. The molecule has 6 heteroatoms. The van der Waals surface area contributed by atoms with Gasteiger partial charge in [0.1, 0.15) is 16.7 Å². The van der Waals surface area contributed by atoms with Crippen LogP contribution in [0.5, 0.6) is 23.0 Å². The van der Waals surface area contributed by atoms with Crippen LogP contribution in [0.4, 0.5) is 0 Å². The van der Waals surface area contributed by atoms with Gasteiger partial charge in [0.25, 0.3) is 0 Å². The molecule has 6 nitrogen and oxygen atoms in total. The van der Waals surface area contributed by atoms with Crippen LogP contribution in [-0.2, 0) is 0 Å². The molecule has 0 saturated heterocycles. The van der Waals surface area contributed by atoms with E-state index in [0.717, 1.165) is 0 Å². The number of benzene rings is 2. The number of hydrogen-bond donors (Lipinski definition) is 2. The van der Waals surface area contributed by atoms with Crippen molar-refractivity contribution in [2.75, 3.05) is 14.2 Å². The summed E-state index contributed by atoms with van der Waals surface area (Å²) in [6.45, 7) is 0. The minimum Gasteiger partial charge on any atom is -0.507 e. The first kappa shape index (κ1) is 13.1. The average molecular weight is 288 g/mol. The van der Waals surface area contributed by atoms with Gasteiger partial charge in [0.2, 0.25) is 16.9 Å². The summed E-state index contributed by atoms with van der Waals surface area (Å²) in [7, 11) is 2.71. The van der Waals surface area contributed by atoms with Crippen molar-refractivity contribution in [3.05, 3.63) is 34.5 Å². The lowest BCUT2D eigenvalue weighted by Crippen LogP contribution is -2.04. The van der Waals surface area contributed by atoms with Gasteiger partial charge < -0.3 is 24.1 Å². The molecular weight excluding hydrogens is 276 g/mol. The lowest BCUT2D eigenvalue weighted by Gasteiger charge is -2.11. The summed E-state index contributed by atoms with van der Waals surface area (Å²) in [5, 5.41) is 20.1. The van der Waals surface area contributed by atoms with Crippen molar-refractivity contribution >= 4 is 21.9 Å². The third kappa shape index (κ3) is 1.76. The van der Waals surface area contributed by atoms with Crippen molar-refractivity contribution in [3.63, 3.8) is 0 Å². The zero-order chi connectivity index (χ0) is 15.1. The molecule has 0 bridgehead atoms.